The van der Waals surface area contributed by atoms with Gasteiger partial charge in [0, 0.05) is 34.6 Å². The Hall–Kier alpha value is -1.45. The summed E-state index contributed by atoms with van der Waals surface area (Å²) in [5.41, 5.74) is 1.11. The smallest absolute Gasteiger partial charge is 0.255 e. The molecule has 0 radical (unpaired) electrons. The highest BCUT2D eigenvalue weighted by Gasteiger charge is 2.19. The van der Waals surface area contributed by atoms with Crippen LogP contribution in [0.15, 0.2) is 41.3 Å². The molecule has 0 bridgehead atoms. The SMILES string of the molecule is CCNC(=O)c1cc(S(=O)(=O)NCCSCc2ccc(Cl)cc2Cl)ccc1OC. The van der Waals surface area contributed by atoms with Gasteiger partial charge in [0.25, 0.3) is 5.91 Å². The Balaban J connectivity index is 1.96. The van der Waals surface area contributed by atoms with Gasteiger partial charge in [-0.15, -0.1) is 0 Å². The lowest BCUT2D eigenvalue weighted by molar-refractivity contribution is 0.0952. The van der Waals surface area contributed by atoms with Crippen molar-refractivity contribution in [3.05, 3.63) is 57.6 Å². The third-order valence-corrected chi connectivity index (χ3v) is 6.93. The van der Waals surface area contributed by atoms with Crippen molar-refractivity contribution in [1.29, 1.82) is 0 Å². The van der Waals surface area contributed by atoms with Crippen LogP contribution in [0.4, 0.5) is 0 Å². The minimum Gasteiger partial charge on any atom is -0.496 e. The first-order valence-electron chi connectivity index (χ1n) is 8.76. The molecule has 10 heteroatoms. The second-order valence-corrected chi connectivity index (χ2v) is 9.62. The monoisotopic (exact) mass is 476 g/mol. The Morgan fingerprint density at radius 3 is 2.59 bits per heavy atom. The second kappa shape index (κ2) is 11.1. The molecule has 6 nitrogen and oxygen atoms in total. The van der Waals surface area contributed by atoms with E-state index in [4.69, 9.17) is 27.9 Å². The molecule has 0 spiro atoms. The Labute approximate surface area is 185 Å². The quantitative estimate of drug-likeness (QED) is 0.506. The minimum atomic E-state index is -3.76. The van der Waals surface area contributed by atoms with E-state index in [9.17, 15) is 13.2 Å². The van der Waals surface area contributed by atoms with Gasteiger partial charge in [-0.3, -0.25) is 4.79 Å². The molecule has 1 amide bonds. The molecule has 0 aliphatic heterocycles. The average molecular weight is 477 g/mol. The Bertz CT molecular complexity index is 969. The third kappa shape index (κ3) is 6.79. The number of nitrogens with one attached hydrogen (secondary N) is 2. The summed E-state index contributed by atoms with van der Waals surface area (Å²) in [6.45, 7) is 2.44. The topological polar surface area (TPSA) is 84.5 Å². The van der Waals surface area contributed by atoms with Crippen molar-refractivity contribution in [2.45, 2.75) is 17.6 Å². The van der Waals surface area contributed by atoms with Crippen LogP contribution in [0, 0.1) is 0 Å². The number of sulfonamides is 1. The van der Waals surface area contributed by atoms with Gasteiger partial charge in [-0.2, -0.15) is 11.8 Å². The summed E-state index contributed by atoms with van der Waals surface area (Å²) in [7, 11) is -2.33. The lowest BCUT2D eigenvalue weighted by Crippen LogP contribution is -2.27. The van der Waals surface area contributed by atoms with Crippen molar-refractivity contribution >= 4 is 50.9 Å². The highest BCUT2D eigenvalue weighted by atomic mass is 35.5. The van der Waals surface area contributed by atoms with E-state index in [1.807, 2.05) is 6.07 Å². The summed E-state index contributed by atoms with van der Waals surface area (Å²) in [6.07, 6.45) is 0. The zero-order valence-electron chi connectivity index (χ0n) is 16.0. The van der Waals surface area contributed by atoms with Gasteiger partial charge in [0.1, 0.15) is 5.75 Å². The predicted molar refractivity (Wildman–Crippen MR) is 119 cm³/mol. The van der Waals surface area contributed by atoms with E-state index in [-0.39, 0.29) is 17.0 Å². The van der Waals surface area contributed by atoms with Gasteiger partial charge in [-0.1, -0.05) is 29.3 Å². The molecular formula is C19H22Cl2N2O4S2. The van der Waals surface area contributed by atoms with Crippen LogP contribution >= 0.6 is 35.0 Å². The molecule has 2 aromatic rings. The van der Waals surface area contributed by atoms with Crippen LogP contribution in [0.2, 0.25) is 10.0 Å². The van der Waals surface area contributed by atoms with Crippen molar-refractivity contribution in [1.82, 2.24) is 10.0 Å². The van der Waals surface area contributed by atoms with E-state index in [0.717, 1.165) is 5.56 Å². The highest BCUT2D eigenvalue weighted by Crippen LogP contribution is 2.25. The number of hydrogen-bond acceptors (Lipinski definition) is 5. The number of amides is 1. The van der Waals surface area contributed by atoms with Crippen LogP contribution in [0.1, 0.15) is 22.8 Å². The van der Waals surface area contributed by atoms with Gasteiger partial charge in [-0.05, 0) is 42.8 Å². The number of methoxy groups -OCH3 is 1. The number of thioether (sulfide) groups is 1. The van der Waals surface area contributed by atoms with Crippen LogP contribution in [-0.4, -0.2) is 40.3 Å². The molecule has 0 saturated carbocycles. The maximum Gasteiger partial charge on any atom is 0.255 e. The fourth-order valence-electron chi connectivity index (χ4n) is 2.44. The lowest BCUT2D eigenvalue weighted by Gasteiger charge is -2.12. The molecule has 158 valence electrons. The van der Waals surface area contributed by atoms with E-state index in [1.165, 1.54) is 25.3 Å². The number of ether oxygens (including phenoxy) is 1. The molecule has 0 aliphatic rings. The first-order valence-corrected chi connectivity index (χ1v) is 12.2. The van der Waals surface area contributed by atoms with Crippen molar-refractivity contribution in [3.8, 4) is 5.75 Å². The van der Waals surface area contributed by atoms with Crippen molar-refractivity contribution in [2.75, 3.05) is 26.0 Å². The van der Waals surface area contributed by atoms with Crippen molar-refractivity contribution < 1.29 is 17.9 Å². The fraction of sp³-hybridized carbons (Fsp3) is 0.316. The first-order chi connectivity index (χ1) is 13.8. The molecule has 0 heterocycles. The van der Waals surface area contributed by atoms with E-state index >= 15 is 0 Å². The maximum atomic E-state index is 12.6. The summed E-state index contributed by atoms with van der Waals surface area (Å²) in [5, 5.41) is 3.80. The van der Waals surface area contributed by atoms with Crippen molar-refractivity contribution in [3.63, 3.8) is 0 Å². The van der Waals surface area contributed by atoms with E-state index in [2.05, 4.69) is 10.0 Å². The summed E-state index contributed by atoms with van der Waals surface area (Å²) in [4.78, 5) is 12.2. The minimum absolute atomic E-state index is 0.00491. The molecule has 0 fully saturated rings. The largest absolute Gasteiger partial charge is 0.496 e. The Morgan fingerprint density at radius 2 is 1.93 bits per heavy atom. The molecule has 2 aromatic carbocycles. The summed E-state index contributed by atoms with van der Waals surface area (Å²) in [6, 6.07) is 9.48. The fourth-order valence-corrected chi connectivity index (χ4v) is 5.04. The summed E-state index contributed by atoms with van der Waals surface area (Å²) >= 11 is 13.6. The molecule has 0 aliphatic carbocycles. The molecule has 0 aromatic heterocycles. The average Bonchev–Trinajstić information content (AvgIpc) is 2.68. The molecular weight excluding hydrogens is 455 g/mol. The van der Waals surface area contributed by atoms with Crippen LogP contribution in [0.5, 0.6) is 5.75 Å². The molecule has 29 heavy (non-hydrogen) atoms. The predicted octanol–water partition coefficient (Wildman–Crippen LogP) is 3.96. The van der Waals surface area contributed by atoms with Crippen LogP contribution in [0.25, 0.3) is 0 Å². The number of benzene rings is 2. The zero-order chi connectivity index (χ0) is 21.4. The highest BCUT2D eigenvalue weighted by molar-refractivity contribution is 7.98. The van der Waals surface area contributed by atoms with E-state index < -0.39 is 15.9 Å². The summed E-state index contributed by atoms with van der Waals surface area (Å²) in [5.74, 6) is 1.11. The Kier molecular flexibility index (Phi) is 9.10. The maximum absolute atomic E-state index is 12.6. The standard InChI is InChI=1S/C19H22Cl2N2O4S2/c1-3-22-19(24)16-11-15(6-7-18(16)27-2)29(25,26)23-8-9-28-12-13-4-5-14(20)10-17(13)21/h4-7,10-11,23H,3,8-9,12H2,1-2H3,(H,22,24). The van der Waals surface area contributed by atoms with Gasteiger partial charge >= 0.3 is 0 Å². The van der Waals surface area contributed by atoms with Crippen LogP contribution < -0.4 is 14.8 Å². The summed E-state index contributed by atoms with van der Waals surface area (Å²) < 4.78 is 32.8. The van der Waals surface area contributed by atoms with Crippen LogP contribution in [-0.2, 0) is 15.8 Å². The number of hydrogen-bond donors (Lipinski definition) is 2. The number of carbonyl (C=O) groups is 1. The molecule has 2 N–H and O–H groups in total. The van der Waals surface area contributed by atoms with Crippen LogP contribution in [0.3, 0.4) is 0 Å². The van der Waals surface area contributed by atoms with E-state index in [0.29, 0.717) is 33.8 Å². The number of carbonyl (C=O) groups excluding carboxylic acids is 1. The molecule has 0 unspecified atom stereocenters. The van der Waals surface area contributed by atoms with Gasteiger partial charge < -0.3 is 10.1 Å². The Morgan fingerprint density at radius 1 is 1.17 bits per heavy atom. The van der Waals surface area contributed by atoms with Gasteiger partial charge in [0.15, 0.2) is 0 Å². The van der Waals surface area contributed by atoms with Gasteiger partial charge in [-0.25, -0.2) is 13.1 Å². The molecule has 0 atom stereocenters. The number of rotatable bonds is 10. The second-order valence-electron chi connectivity index (χ2n) is 5.91. The van der Waals surface area contributed by atoms with Gasteiger partial charge in [0.05, 0.1) is 17.6 Å². The number of halogens is 2. The normalized spacial score (nSPS) is 11.3. The zero-order valence-corrected chi connectivity index (χ0v) is 19.1. The van der Waals surface area contributed by atoms with Crippen molar-refractivity contribution in [2.24, 2.45) is 0 Å². The molecule has 0 saturated heterocycles. The molecule has 2 rings (SSSR count). The van der Waals surface area contributed by atoms with E-state index in [1.54, 1.807) is 30.8 Å². The third-order valence-electron chi connectivity index (χ3n) is 3.87. The van der Waals surface area contributed by atoms with Gasteiger partial charge in [0.2, 0.25) is 10.0 Å². The first kappa shape index (κ1) is 23.8. The lowest BCUT2D eigenvalue weighted by atomic mass is 10.2.